The van der Waals surface area contributed by atoms with Crippen LogP contribution >= 0.6 is 0 Å². The summed E-state index contributed by atoms with van der Waals surface area (Å²) in [7, 11) is 0. The number of alkyl halides is 2. The van der Waals surface area contributed by atoms with Crippen molar-refractivity contribution >= 4 is 6.16 Å². The summed E-state index contributed by atoms with van der Waals surface area (Å²) in [6, 6.07) is 0. The van der Waals surface area contributed by atoms with E-state index in [9.17, 15) is 13.6 Å². The van der Waals surface area contributed by atoms with Gasteiger partial charge in [0.2, 0.25) is 6.10 Å². The van der Waals surface area contributed by atoms with Crippen LogP contribution in [0.25, 0.3) is 0 Å². The Morgan fingerprint density at radius 1 is 1.44 bits per heavy atom. The van der Waals surface area contributed by atoms with Crippen LogP contribution in [0.2, 0.25) is 0 Å². The highest BCUT2D eigenvalue weighted by molar-refractivity contribution is 5.62. The van der Waals surface area contributed by atoms with Gasteiger partial charge in [0.05, 0.1) is 12.2 Å². The van der Waals surface area contributed by atoms with E-state index in [1.165, 1.54) is 0 Å². The number of hydrogen-bond donors (Lipinski definition) is 0. The Labute approximate surface area is 92.9 Å². The lowest BCUT2D eigenvalue weighted by Crippen LogP contribution is -2.37. The highest BCUT2D eigenvalue weighted by Crippen LogP contribution is 2.29. The first-order valence-corrected chi connectivity index (χ1v) is 5.06. The molecular formula is C10H16F2O4. The van der Waals surface area contributed by atoms with E-state index in [0.717, 1.165) is 0 Å². The van der Waals surface area contributed by atoms with Crippen LogP contribution in [0, 0.1) is 0 Å². The lowest BCUT2D eigenvalue weighted by molar-refractivity contribution is -0.122. The second-order valence-corrected chi connectivity index (χ2v) is 4.64. The predicted octanol–water partition coefficient (Wildman–Crippen LogP) is 2.36. The van der Waals surface area contributed by atoms with Gasteiger partial charge in [0.15, 0.2) is 0 Å². The van der Waals surface area contributed by atoms with Crippen molar-refractivity contribution in [1.29, 1.82) is 0 Å². The number of cyclic esters (lactones) is 2. The second-order valence-electron chi connectivity index (χ2n) is 4.64. The molecule has 0 aromatic carbocycles. The minimum Gasteiger partial charge on any atom is -0.430 e. The maximum atomic E-state index is 13.4. The van der Waals surface area contributed by atoms with Crippen molar-refractivity contribution in [2.75, 3.05) is 13.2 Å². The van der Waals surface area contributed by atoms with E-state index in [1.807, 2.05) is 0 Å². The highest BCUT2D eigenvalue weighted by atomic mass is 19.3. The van der Waals surface area contributed by atoms with Gasteiger partial charge in [0, 0.05) is 6.42 Å². The van der Waals surface area contributed by atoms with Crippen molar-refractivity contribution < 1.29 is 27.8 Å². The lowest BCUT2D eigenvalue weighted by Gasteiger charge is -2.24. The average Bonchev–Trinajstić information content (AvgIpc) is 2.49. The lowest BCUT2D eigenvalue weighted by atomic mass is 10.1. The van der Waals surface area contributed by atoms with Crippen LogP contribution in [0.15, 0.2) is 0 Å². The third-order valence-electron chi connectivity index (χ3n) is 2.03. The number of hydrogen-bond acceptors (Lipinski definition) is 4. The summed E-state index contributed by atoms with van der Waals surface area (Å²) in [4.78, 5) is 10.5. The first kappa shape index (κ1) is 13.2. The van der Waals surface area contributed by atoms with Crippen molar-refractivity contribution in [3.63, 3.8) is 0 Å². The molecule has 1 aliphatic heterocycles. The van der Waals surface area contributed by atoms with E-state index >= 15 is 0 Å². The number of halogens is 2. The molecular weight excluding hydrogens is 222 g/mol. The van der Waals surface area contributed by atoms with Crippen LogP contribution in [0.5, 0.6) is 0 Å². The molecule has 1 fully saturated rings. The Kier molecular flexibility index (Phi) is 3.72. The molecule has 0 bridgehead atoms. The molecule has 1 saturated heterocycles. The van der Waals surface area contributed by atoms with Gasteiger partial charge < -0.3 is 14.2 Å². The van der Waals surface area contributed by atoms with Gasteiger partial charge in [-0.3, -0.25) is 0 Å². The van der Waals surface area contributed by atoms with E-state index < -0.39 is 36.8 Å². The monoisotopic (exact) mass is 238 g/mol. The first-order valence-electron chi connectivity index (χ1n) is 5.06. The van der Waals surface area contributed by atoms with Crippen molar-refractivity contribution in [3.05, 3.63) is 0 Å². The molecule has 94 valence electrons. The average molecular weight is 238 g/mol. The fraction of sp³-hybridized carbons (Fsp3) is 0.900. The molecule has 0 aliphatic carbocycles. The summed E-state index contributed by atoms with van der Waals surface area (Å²) < 4.78 is 40.7. The largest absolute Gasteiger partial charge is 0.509 e. The molecule has 16 heavy (non-hydrogen) atoms. The fourth-order valence-electron chi connectivity index (χ4n) is 1.19. The summed E-state index contributed by atoms with van der Waals surface area (Å²) >= 11 is 0. The minimum atomic E-state index is -3.11. The Morgan fingerprint density at radius 2 is 2.06 bits per heavy atom. The smallest absolute Gasteiger partial charge is 0.430 e. The van der Waals surface area contributed by atoms with Crippen LogP contribution in [0.4, 0.5) is 13.6 Å². The Hall–Kier alpha value is -0.910. The number of carbonyl (C=O) groups excluding carboxylic acids is 1. The van der Waals surface area contributed by atoms with E-state index in [0.29, 0.717) is 0 Å². The standard InChI is InChI=1S/C10H16F2O4/c1-9(2,3)15-5-4-10(11,12)7-6-14-8(13)16-7/h7H,4-6H2,1-3H3. The molecule has 0 amide bonds. The van der Waals surface area contributed by atoms with E-state index in [4.69, 9.17) is 4.74 Å². The highest BCUT2D eigenvalue weighted by Gasteiger charge is 2.46. The third kappa shape index (κ3) is 3.92. The van der Waals surface area contributed by atoms with Gasteiger partial charge in [0.1, 0.15) is 6.61 Å². The van der Waals surface area contributed by atoms with Crippen LogP contribution in [-0.2, 0) is 14.2 Å². The van der Waals surface area contributed by atoms with Crippen LogP contribution in [0.1, 0.15) is 27.2 Å². The summed E-state index contributed by atoms with van der Waals surface area (Å²) in [5.74, 6) is -3.11. The number of carbonyl (C=O) groups is 1. The van der Waals surface area contributed by atoms with Gasteiger partial charge in [-0.05, 0) is 20.8 Å². The topological polar surface area (TPSA) is 44.8 Å². The van der Waals surface area contributed by atoms with Crippen LogP contribution < -0.4 is 0 Å². The van der Waals surface area contributed by atoms with Gasteiger partial charge in [-0.2, -0.15) is 0 Å². The Morgan fingerprint density at radius 3 is 2.50 bits per heavy atom. The van der Waals surface area contributed by atoms with E-state index in [-0.39, 0.29) is 6.61 Å². The molecule has 4 nitrogen and oxygen atoms in total. The minimum absolute atomic E-state index is 0.0927. The molecule has 0 aromatic heterocycles. The molecule has 0 aromatic rings. The molecule has 0 spiro atoms. The van der Waals surface area contributed by atoms with Gasteiger partial charge in [0.25, 0.3) is 5.92 Å². The Bertz CT molecular complexity index is 260. The normalized spacial score (nSPS) is 21.8. The second kappa shape index (κ2) is 4.53. The Balaban J connectivity index is 2.37. The number of ether oxygens (including phenoxy) is 3. The zero-order valence-corrected chi connectivity index (χ0v) is 9.59. The van der Waals surface area contributed by atoms with E-state index in [1.54, 1.807) is 20.8 Å². The summed E-state index contributed by atoms with van der Waals surface area (Å²) in [6.45, 7) is 4.85. The molecule has 1 atom stereocenters. The maximum absolute atomic E-state index is 13.4. The molecule has 0 radical (unpaired) electrons. The van der Waals surface area contributed by atoms with Gasteiger partial charge in [-0.1, -0.05) is 0 Å². The molecule has 1 unspecified atom stereocenters. The van der Waals surface area contributed by atoms with Crippen molar-refractivity contribution in [1.82, 2.24) is 0 Å². The van der Waals surface area contributed by atoms with Crippen molar-refractivity contribution in [3.8, 4) is 0 Å². The first-order chi connectivity index (χ1) is 7.21. The quantitative estimate of drug-likeness (QED) is 0.705. The summed E-state index contributed by atoms with van der Waals surface area (Å²) in [6.07, 6.45) is -3.03. The van der Waals surface area contributed by atoms with E-state index in [2.05, 4.69) is 9.47 Å². The van der Waals surface area contributed by atoms with Gasteiger partial charge in [-0.15, -0.1) is 0 Å². The predicted molar refractivity (Wildman–Crippen MR) is 51.5 cm³/mol. The summed E-state index contributed by atoms with van der Waals surface area (Å²) in [5, 5.41) is 0. The molecule has 1 aliphatic rings. The fourth-order valence-corrected chi connectivity index (χ4v) is 1.19. The van der Waals surface area contributed by atoms with Crippen LogP contribution in [0.3, 0.4) is 0 Å². The zero-order chi connectivity index (χ0) is 12.4. The SMILES string of the molecule is CC(C)(C)OCCC(F)(F)C1COC(=O)O1. The molecule has 0 saturated carbocycles. The van der Waals surface area contributed by atoms with Crippen molar-refractivity contribution in [2.24, 2.45) is 0 Å². The maximum Gasteiger partial charge on any atom is 0.509 e. The molecule has 0 N–H and O–H groups in total. The van der Waals surface area contributed by atoms with Crippen molar-refractivity contribution in [2.45, 2.75) is 44.8 Å². The summed E-state index contributed by atoms with van der Waals surface area (Å²) in [5.41, 5.74) is -0.459. The third-order valence-corrected chi connectivity index (χ3v) is 2.03. The zero-order valence-electron chi connectivity index (χ0n) is 9.59. The van der Waals surface area contributed by atoms with Gasteiger partial charge >= 0.3 is 6.16 Å². The van der Waals surface area contributed by atoms with Crippen LogP contribution in [-0.4, -0.2) is 37.0 Å². The molecule has 1 heterocycles. The number of rotatable bonds is 4. The van der Waals surface area contributed by atoms with Gasteiger partial charge in [-0.25, -0.2) is 13.6 Å². The molecule has 6 heteroatoms. The molecule has 1 rings (SSSR count).